The summed E-state index contributed by atoms with van der Waals surface area (Å²) in [6.07, 6.45) is -1.63. The number of hydrogen-bond donors (Lipinski definition) is 0. The predicted molar refractivity (Wildman–Crippen MR) is 75.5 cm³/mol. The van der Waals surface area contributed by atoms with E-state index in [1.807, 2.05) is 27.7 Å². The van der Waals surface area contributed by atoms with Gasteiger partial charge in [-0.05, 0) is 11.8 Å². The minimum Gasteiger partial charge on any atom is -0.453 e. The first-order valence-corrected chi connectivity index (χ1v) is 7.14. The van der Waals surface area contributed by atoms with Crippen molar-refractivity contribution in [3.63, 3.8) is 0 Å². The summed E-state index contributed by atoms with van der Waals surface area (Å²) in [5, 5.41) is 0. The van der Waals surface area contributed by atoms with Crippen LogP contribution in [0.25, 0.3) is 0 Å². The van der Waals surface area contributed by atoms with Gasteiger partial charge in [0.15, 0.2) is 6.10 Å². The lowest BCUT2D eigenvalue weighted by molar-refractivity contribution is -0.221. The van der Waals surface area contributed by atoms with E-state index in [1.54, 1.807) is 0 Å². The number of esters is 2. The Bertz CT molecular complexity index is 399. The van der Waals surface area contributed by atoms with E-state index in [-0.39, 0.29) is 5.41 Å². The standard InChI is InChI=1S/C15H26O6/c1-8-15(14(4,5)6)12(18-7)11(19-9(2)16)13(21-15)20-10(3)17/h11-13H,8H2,1-7H3/t11-,12+,13?,15-/m1/s1. The van der Waals surface area contributed by atoms with E-state index in [9.17, 15) is 9.59 Å². The number of ether oxygens (including phenoxy) is 4. The van der Waals surface area contributed by atoms with Crippen LogP contribution in [0.2, 0.25) is 0 Å². The van der Waals surface area contributed by atoms with Crippen LogP contribution in [0, 0.1) is 5.41 Å². The Hall–Kier alpha value is -1.14. The third-order valence-corrected chi connectivity index (χ3v) is 3.99. The van der Waals surface area contributed by atoms with Gasteiger partial charge in [-0.1, -0.05) is 27.7 Å². The van der Waals surface area contributed by atoms with Crippen LogP contribution in [0.15, 0.2) is 0 Å². The molecule has 1 fully saturated rings. The topological polar surface area (TPSA) is 71.1 Å². The molecule has 0 amide bonds. The van der Waals surface area contributed by atoms with Crippen molar-refractivity contribution in [2.75, 3.05) is 7.11 Å². The van der Waals surface area contributed by atoms with Crippen molar-refractivity contribution in [1.82, 2.24) is 0 Å². The van der Waals surface area contributed by atoms with E-state index >= 15 is 0 Å². The molecule has 1 aliphatic rings. The minimum absolute atomic E-state index is 0.296. The van der Waals surface area contributed by atoms with E-state index in [1.165, 1.54) is 21.0 Å². The van der Waals surface area contributed by atoms with Crippen molar-refractivity contribution in [2.45, 2.75) is 72.1 Å². The minimum atomic E-state index is -0.962. The summed E-state index contributed by atoms with van der Waals surface area (Å²) in [5.41, 5.74) is -1.02. The molecule has 1 saturated heterocycles. The smallest absolute Gasteiger partial charge is 0.305 e. The van der Waals surface area contributed by atoms with Gasteiger partial charge in [0.1, 0.15) is 11.7 Å². The molecule has 0 bridgehead atoms. The molecule has 122 valence electrons. The normalized spacial score (nSPS) is 32.8. The Balaban J connectivity index is 3.23. The Labute approximate surface area is 126 Å². The van der Waals surface area contributed by atoms with Crippen molar-refractivity contribution in [3.05, 3.63) is 0 Å². The predicted octanol–water partition coefficient (Wildman–Crippen LogP) is 2.05. The molecule has 0 spiro atoms. The molecular formula is C15H26O6. The third-order valence-electron chi connectivity index (χ3n) is 3.99. The van der Waals surface area contributed by atoms with Gasteiger partial charge in [-0.15, -0.1) is 0 Å². The molecule has 6 heteroatoms. The first kappa shape index (κ1) is 17.9. The summed E-state index contributed by atoms with van der Waals surface area (Å²) in [6, 6.07) is 0. The van der Waals surface area contributed by atoms with Gasteiger partial charge < -0.3 is 18.9 Å². The molecule has 1 unspecified atom stereocenters. The highest BCUT2D eigenvalue weighted by molar-refractivity contribution is 5.67. The van der Waals surface area contributed by atoms with Gasteiger partial charge in [0, 0.05) is 21.0 Å². The monoisotopic (exact) mass is 302 g/mol. The number of methoxy groups -OCH3 is 1. The van der Waals surface area contributed by atoms with E-state index in [2.05, 4.69) is 0 Å². The van der Waals surface area contributed by atoms with Crippen LogP contribution in [0.1, 0.15) is 48.0 Å². The van der Waals surface area contributed by atoms with Gasteiger partial charge >= 0.3 is 11.9 Å². The second kappa shape index (κ2) is 6.32. The highest BCUT2D eigenvalue weighted by Gasteiger charge is 2.62. The average molecular weight is 302 g/mol. The summed E-state index contributed by atoms with van der Waals surface area (Å²) in [6.45, 7) is 10.6. The van der Waals surface area contributed by atoms with Crippen LogP contribution in [-0.4, -0.2) is 43.1 Å². The van der Waals surface area contributed by atoms with Gasteiger partial charge in [-0.2, -0.15) is 0 Å². The molecule has 0 aromatic rings. The van der Waals surface area contributed by atoms with E-state index in [0.29, 0.717) is 6.42 Å². The third kappa shape index (κ3) is 3.37. The quantitative estimate of drug-likeness (QED) is 0.740. The first-order chi connectivity index (χ1) is 9.59. The molecule has 4 atom stereocenters. The summed E-state index contributed by atoms with van der Waals surface area (Å²) in [4.78, 5) is 22.7. The molecule has 0 radical (unpaired) electrons. The van der Waals surface area contributed by atoms with Crippen LogP contribution >= 0.6 is 0 Å². The zero-order valence-electron chi connectivity index (χ0n) is 13.9. The molecule has 6 nitrogen and oxygen atoms in total. The lowest BCUT2D eigenvalue weighted by atomic mass is 9.71. The molecular weight excluding hydrogens is 276 g/mol. The highest BCUT2D eigenvalue weighted by atomic mass is 16.7. The molecule has 21 heavy (non-hydrogen) atoms. The van der Waals surface area contributed by atoms with Crippen molar-refractivity contribution >= 4 is 11.9 Å². The average Bonchev–Trinajstić information content (AvgIpc) is 2.61. The van der Waals surface area contributed by atoms with Crippen LogP contribution in [-0.2, 0) is 28.5 Å². The molecule has 0 saturated carbocycles. The molecule has 0 aromatic carbocycles. The van der Waals surface area contributed by atoms with Crippen LogP contribution in [0.5, 0.6) is 0 Å². The van der Waals surface area contributed by atoms with Gasteiger partial charge in [0.05, 0.1) is 0 Å². The maximum Gasteiger partial charge on any atom is 0.305 e. The SMILES string of the molecule is CC[C@@]1(C(C)(C)C)OC(OC(C)=O)[C@H](OC(C)=O)[C@@H]1OC. The molecule has 0 aliphatic carbocycles. The van der Waals surface area contributed by atoms with E-state index in [0.717, 1.165) is 0 Å². The van der Waals surface area contributed by atoms with E-state index in [4.69, 9.17) is 18.9 Å². The summed E-state index contributed by atoms with van der Waals surface area (Å²) < 4.78 is 22.1. The second-order valence-corrected chi connectivity index (χ2v) is 6.32. The Morgan fingerprint density at radius 2 is 1.67 bits per heavy atom. The van der Waals surface area contributed by atoms with E-state index < -0.39 is 36.0 Å². The number of carbonyl (C=O) groups is 2. The maximum atomic E-state index is 11.4. The van der Waals surface area contributed by atoms with Gasteiger partial charge in [0.25, 0.3) is 0 Å². The van der Waals surface area contributed by atoms with Crippen molar-refractivity contribution in [1.29, 1.82) is 0 Å². The van der Waals surface area contributed by atoms with Crippen molar-refractivity contribution in [2.24, 2.45) is 5.41 Å². The zero-order valence-corrected chi connectivity index (χ0v) is 13.9. The summed E-state index contributed by atoms with van der Waals surface area (Å²) >= 11 is 0. The number of rotatable bonds is 4. The summed E-state index contributed by atoms with van der Waals surface area (Å²) in [7, 11) is 1.54. The Morgan fingerprint density at radius 3 is 2.00 bits per heavy atom. The second-order valence-electron chi connectivity index (χ2n) is 6.32. The first-order valence-electron chi connectivity index (χ1n) is 7.14. The fourth-order valence-electron chi connectivity index (χ4n) is 3.06. The van der Waals surface area contributed by atoms with Crippen LogP contribution < -0.4 is 0 Å². The lowest BCUT2D eigenvalue weighted by Crippen LogP contribution is -2.53. The van der Waals surface area contributed by atoms with Gasteiger partial charge in [0.2, 0.25) is 6.29 Å². The summed E-state index contributed by atoms with van der Waals surface area (Å²) in [5.74, 6) is -0.962. The van der Waals surface area contributed by atoms with Crippen LogP contribution in [0.3, 0.4) is 0 Å². The number of carbonyl (C=O) groups excluding carboxylic acids is 2. The van der Waals surface area contributed by atoms with Crippen molar-refractivity contribution < 1.29 is 28.5 Å². The number of hydrogen-bond acceptors (Lipinski definition) is 6. The maximum absolute atomic E-state index is 11.4. The fraction of sp³-hybridized carbons (Fsp3) is 0.867. The molecule has 0 aromatic heterocycles. The lowest BCUT2D eigenvalue weighted by Gasteiger charge is -2.43. The molecule has 1 rings (SSSR count). The molecule has 1 heterocycles. The van der Waals surface area contributed by atoms with Crippen LogP contribution in [0.4, 0.5) is 0 Å². The van der Waals surface area contributed by atoms with Gasteiger partial charge in [-0.3, -0.25) is 9.59 Å². The Morgan fingerprint density at radius 1 is 1.14 bits per heavy atom. The Kier molecular flexibility index (Phi) is 5.39. The molecule has 1 aliphatic heterocycles. The van der Waals surface area contributed by atoms with Gasteiger partial charge in [-0.25, -0.2) is 0 Å². The fourth-order valence-corrected chi connectivity index (χ4v) is 3.06. The largest absolute Gasteiger partial charge is 0.453 e. The molecule has 0 N–H and O–H groups in total. The zero-order chi connectivity index (χ0) is 16.4. The van der Waals surface area contributed by atoms with Crippen molar-refractivity contribution in [3.8, 4) is 0 Å². The highest BCUT2D eigenvalue weighted by Crippen LogP contribution is 2.48.